The lowest BCUT2D eigenvalue weighted by Gasteiger charge is -2.12. The third kappa shape index (κ3) is 6.25. The van der Waals surface area contributed by atoms with Gasteiger partial charge in [-0.25, -0.2) is 4.99 Å². The molecule has 23 heavy (non-hydrogen) atoms. The average molecular weight is 454 g/mol. The Balaban J connectivity index is 0.00000264. The van der Waals surface area contributed by atoms with Gasteiger partial charge in [0.1, 0.15) is 0 Å². The highest BCUT2D eigenvalue weighted by molar-refractivity contribution is 14.0. The van der Waals surface area contributed by atoms with Crippen LogP contribution >= 0.6 is 35.6 Å². The summed E-state index contributed by atoms with van der Waals surface area (Å²) in [5.74, 6) is 2.16. The number of ether oxygens (including phenoxy) is 2. The third-order valence-electron chi connectivity index (χ3n) is 3.17. The first kappa shape index (κ1) is 20.2. The fourth-order valence-electron chi connectivity index (χ4n) is 2.13. The first-order valence-corrected chi connectivity index (χ1v) is 8.22. The van der Waals surface area contributed by atoms with Gasteiger partial charge in [0.25, 0.3) is 0 Å². The second-order valence-electron chi connectivity index (χ2n) is 5.08. The van der Waals surface area contributed by atoms with E-state index in [1.54, 1.807) is 0 Å². The molecule has 0 amide bonds. The fourth-order valence-corrected chi connectivity index (χ4v) is 2.42. The molecule has 1 aromatic rings. The predicted octanol–water partition coefficient (Wildman–Crippen LogP) is 3.58. The molecule has 1 heterocycles. The molecule has 0 bridgehead atoms. The van der Waals surface area contributed by atoms with Gasteiger partial charge in [-0.1, -0.05) is 18.5 Å². The summed E-state index contributed by atoms with van der Waals surface area (Å²) in [6.07, 6.45) is 1.92. The van der Waals surface area contributed by atoms with Crippen LogP contribution in [0.3, 0.4) is 0 Å². The molecule has 130 valence electrons. The van der Waals surface area contributed by atoms with Gasteiger partial charge in [-0.15, -0.1) is 24.0 Å². The van der Waals surface area contributed by atoms with Crippen LogP contribution in [0.5, 0.6) is 11.5 Å². The van der Waals surface area contributed by atoms with Crippen molar-refractivity contribution in [3.05, 3.63) is 22.7 Å². The highest BCUT2D eigenvalue weighted by atomic mass is 127. The number of guanidine groups is 1. The van der Waals surface area contributed by atoms with Gasteiger partial charge in [-0.3, -0.25) is 0 Å². The molecule has 0 saturated heterocycles. The zero-order valence-corrected chi connectivity index (χ0v) is 16.7. The SMILES string of the molecule is CCCNC(=NCc1cc(Cl)c2c(c1)OCCCO2)NCC.I. The molecular weight excluding hydrogens is 429 g/mol. The summed E-state index contributed by atoms with van der Waals surface area (Å²) in [5.41, 5.74) is 1.00. The molecule has 7 heteroatoms. The van der Waals surface area contributed by atoms with Crippen molar-refractivity contribution in [3.8, 4) is 11.5 Å². The van der Waals surface area contributed by atoms with Crippen LogP contribution in [0.1, 0.15) is 32.3 Å². The Morgan fingerprint density at radius 1 is 1.22 bits per heavy atom. The number of nitrogens with zero attached hydrogens (tertiary/aromatic N) is 1. The number of hydrogen-bond donors (Lipinski definition) is 2. The van der Waals surface area contributed by atoms with E-state index in [9.17, 15) is 0 Å². The first-order chi connectivity index (χ1) is 10.7. The van der Waals surface area contributed by atoms with Crippen molar-refractivity contribution in [1.29, 1.82) is 0 Å². The number of hydrogen-bond acceptors (Lipinski definition) is 3. The summed E-state index contributed by atoms with van der Waals surface area (Å²) < 4.78 is 11.3. The van der Waals surface area contributed by atoms with Crippen LogP contribution < -0.4 is 20.1 Å². The van der Waals surface area contributed by atoms with Crippen molar-refractivity contribution in [2.45, 2.75) is 33.2 Å². The van der Waals surface area contributed by atoms with E-state index in [4.69, 9.17) is 21.1 Å². The Labute approximate surface area is 160 Å². The molecule has 1 aliphatic heterocycles. The average Bonchev–Trinajstić information content (AvgIpc) is 2.76. The molecule has 0 aliphatic carbocycles. The molecule has 1 aromatic carbocycles. The number of fused-ring (bicyclic) bond motifs is 1. The molecule has 2 N–H and O–H groups in total. The Kier molecular flexibility index (Phi) is 9.47. The zero-order chi connectivity index (χ0) is 15.8. The van der Waals surface area contributed by atoms with Gasteiger partial charge in [0.15, 0.2) is 17.5 Å². The lowest BCUT2D eigenvalue weighted by Crippen LogP contribution is -2.37. The first-order valence-electron chi connectivity index (χ1n) is 7.84. The van der Waals surface area contributed by atoms with Gasteiger partial charge in [-0.2, -0.15) is 0 Å². The fraction of sp³-hybridized carbons (Fsp3) is 0.562. The zero-order valence-electron chi connectivity index (χ0n) is 13.7. The van der Waals surface area contributed by atoms with Gasteiger partial charge in [0.05, 0.1) is 24.8 Å². The van der Waals surface area contributed by atoms with Crippen LogP contribution in [0, 0.1) is 0 Å². The lowest BCUT2D eigenvalue weighted by atomic mass is 10.2. The highest BCUT2D eigenvalue weighted by Crippen LogP contribution is 2.38. The summed E-state index contributed by atoms with van der Waals surface area (Å²) in [5, 5.41) is 7.08. The molecule has 0 fully saturated rings. The standard InChI is InChI=1S/C16H24ClN3O2.HI/c1-3-6-19-16(18-4-2)20-11-12-9-13(17)15-14(10-12)21-7-5-8-22-15;/h9-10H,3-8,11H2,1-2H3,(H2,18,19,20);1H. The largest absolute Gasteiger partial charge is 0.489 e. The molecule has 1 aliphatic rings. The minimum atomic E-state index is 0. The Bertz CT molecular complexity index is 526. The van der Waals surface area contributed by atoms with Gasteiger partial charge >= 0.3 is 0 Å². The molecule has 0 spiro atoms. The van der Waals surface area contributed by atoms with Crippen LogP contribution in [0.15, 0.2) is 17.1 Å². The van der Waals surface area contributed by atoms with Gasteiger partial charge in [-0.05, 0) is 31.0 Å². The monoisotopic (exact) mass is 453 g/mol. The van der Waals surface area contributed by atoms with Crippen molar-refractivity contribution in [3.63, 3.8) is 0 Å². The van der Waals surface area contributed by atoms with E-state index >= 15 is 0 Å². The molecule has 0 aromatic heterocycles. The van der Waals surface area contributed by atoms with Crippen LogP contribution in [-0.4, -0.2) is 32.3 Å². The van der Waals surface area contributed by atoms with E-state index in [2.05, 4.69) is 22.5 Å². The second kappa shape index (κ2) is 10.8. The van der Waals surface area contributed by atoms with Crippen LogP contribution in [-0.2, 0) is 6.54 Å². The highest BCUT2D eigenvalue weighted by Gasteiger charge is 2.15. The number of aliphatic imine (C=N–C) groups is 1. The Hall–Kier alpha value is -0.890. The van der Waals surface area contributed by atoms with Gasteiger partial charge in [0.2, 0.25) is 0 Å². The van der Waals surface area contributed by atoms with Gasteiger partial charge < -0.3 is 20.1 Å². The normalized spacial score (nSPS) is 13.8. The lowest BCUT2D eigenvalue weighted by molar-refractivity contribution is 0.297. The smallest absolute Gasteiger partial charge is 0.191 e. The maximum atomic E-state index is 6.30. The van der Waals surface area contributed by atoms with E-state index < -0.39 is 0 Å². The third-order valence-corrected chi connectivity index (χ3v) is 3.45. The predicted molar refractivity (Wildman–Crippen MR) is 106 cm³/mol. The summed E-state index contributed by atoms with van der Waals surface area (Å²) in [6.45, 7) is 7.72. The number of rotatable bonds is 5. The topological polar surface area (TPSA) is 54.9 Å². The van der Waals surface area contributed by atoms with E-state index in [0.29, 0.717) is 36.3 Å². The van der Waals surface area contributed by atoms with Crippen LogP contribution in [0.4, 0.5) is 0 Å². The quantitative estimate of drug-likeness (QED) is 0.406. The van der Waals surface area contributed by atoms with Crippen LogP contribution in [0.2, 0.25) is 5.02 Å². The van der Waals surface area contributed by atoms with Crippen molar-refractivity contribution in [2.75, 3.05) is 26.3 Å². The minimum absolute atomic E-state index is 0. The van der Waals surface area contributed by atoms with Crippen molar-refractivity contribution in [2.24, 2.45) is 4.99 Å². The molecule has 0 saturated carbocycles. The second-order valence-corrected chi connectivity index (χ2v) is 5.48. The summed E-state index contributed by atoms with van der Waals surface area (Å²) >= 11 is 6.30. The molecule has 0 radical (unpaired) electrons. The Morgan fingerprint density at radius 3 is 2.74 bits per heavy atom. The van der Waals surface area contributed by atoms with Crippen LogP contribution in [0.25, 0.3) is 0 Å². The van der Waals surface area contributed by atoms with Crippen molar-refractivity contribution < 1.29 is 9.47 Å². The summed E-state index contributed by atoms with van der Waals surface area (Å²) in [7, 11) is 0. The van der Waals surface area contributed by atoms with E-state index in [-0.39, 0.29) is 24.0 Å². The van der Waals surface area contributed by atoms with E-state index in [1.807, 2.05) is 19.1 Å². The minimum Gasteiger partial charge on any atom is -0.489 e. The maximum Gasteiger partial charge on any atom is 0.191 e. The molecule has 0 unspecified atom stereocenters. The van der Waals surface area contributed by atoms with E-state index in [1.165, 1.54) is 0 Å². The van der Waals surface area contributed by atoms with Crippen molar-refractivity contribution >= 4 is 41.5 Å². The molecule has 5 nitrogen and oxygen atoms in total. The number of benzene rings is 1. The van der Waals surface area contributed by atoms with E-state index in [0.717, 1.165) is 37.5 Å². The summed E-state index contributed by atoms with van der Waals surface area (Å²) in [4.78, 5) is 4.57. The molecule has 0 atom stereocenters. The number of halogens is 2. The maximum absolute atomic E-state index is 6.30. The number of nitrogens with one attached hydrogen (secondary N) is 2. The summed E-state index contributed by atoms with van der Waals surface area (Å²) in [6, 6.07) is 3.85. The Morgan fingerprint density at radius 2 is 2.00 bits per heavy atom. The molecular formula is C16H25ClIN3O2. The van der Waals surface area contributed by atoms with Crippen molar-refractivity contribution in [1.82, 2.24) is 10.6 Å². The van der Waals surface area contributed by atoms with Gasteiger partial charge in [0, 0.05) is 19.5 Å². The molecule has 2 rings (SSSR count).